The molecule has 1 aromatic carbocycles. The van der Waals surface area contributed by atoms with E-state index < -0.39 is 0 Å². The van der Waals surface area contributed by atoms with Gasteiger partial charge in [0.1, 0.15) is 11.5 Å². The molecule has 0 amide bonds. The predicted octanol–water partition coefficient (Wildman–Crippen LogP) is 5.03. The van der Waals surface area contributed by atoms with Gasteiger partial charge in [0.15, 0.2) is 0 Å². The fourth-order valence-corrected chi connectivity index (χ4v) is 4.00. The van der Waals surface area contributed by atoms with Crippen molar-refractivity contribution in [2.45, 2.75) is 38.6 Å². The first-order valence-electron chi connectivity index (χ1n) is 9.88. The van der Waals surface area contributed by atoms with Crippen LogP contribution in [0.3, 0.4) is 0 Å². The number of hydrogen-bond acceptors (Lipinski definition) is 4. The van der Waals surface area contributed by atoms with Crippen LogP contribution < -0.4 is 4.90 Å². The van der Waals surface area contributed by atoms with Crippen LogP contribution in [-0.2, 0) is 0 Å². The van der Waals surface area contributed by atoms with Crippen molar-refractivity contribution in [3.8, 4) is 0 Å². The normalized spacial score (nSPS) is 19.4. The second-order valence-corrected chi connectivity index (χ2v) is 7.53. The number of carbonyl (C=O) groups excluding carboxylic acids is 1. The number of ketones is 1. The molecule has 1 saturated heterocycles. The third-order valence-electron chi connectivity index (χ3n) is 5.67. The van der Waals surface area contributed by atoms with Crippen LogP contribution in [0, 0.1) is 6.92 Å². The summed E-state index contributed by atoms with van der Waals surface area (Å²) >= 11 is 0. The molecule has 4 nitrogen and oxygen atoms in total. The molecular formula is C24H27N3O. The first-order valence-corrected chi connectivity index (χ1v) is 9.88. The van der Waals surface area contributed by atoms with Crippen molar-refractivity contribution in [2.24, 2.45) is 0 Å². The molecule has 4 heteroatoms. The predicted molar refractivity (Wildman–Crippen MR) is 114 cm³/mol. The van der Waals surface area contributed by atoms with Gasteiger partial charge in [-0.3, -0.25) is 9.78 Å². The van der Waals surface area contributed by atoms with Gasteiger partial charge < -0.3 is 4.90 Å². The Morgan fingerprint density at radius 2 is 1.86 bits per heavy atom. The monoisotopic (exact) mass is 373 g/mol. The van der Waals surface area contributed by atoms with Crippen molar-refractivity contribution in [2.75, 3.05) is 11.4 Å². The first kappa shape index (κ1) is 18.4. The Labute approximate surface area is 167 Å². The van der Waals surface area contributed by atoms with E-state index in [1.165, 1.54) is 12.0 Å². The molecule has 2 atom stereocenters. The number of hydrogen-bond donors (Lipinski definition) is 0. The molecule has 28 heavy (non-hydrogen) atoms. The third kappa shape index (κ3) is 3.68. The summed E-state index contributed by atoms with van der Waals surface area (Å²) in [6.45, 7) is 5.01. The van der Waals surface area contributed by atoms with Crippen LogP contribution in [0.15, 0.2) is 66.9 Å². The second kappa shape index (κ2) is 7.93. The van der Waals surface area contributed by atoms with E-state index in [2.05, 4.69) is 47.1 Å². The molecule has 1 aliphatic heterocycles. The maximum Gasteiger partial charge on any atom is 0.213 e. The van der Waals surface area contributed by atoms with E-state index in [9.17, 15) is 4.79 Å². The van der Waals surface area contributed by atoms with Crippen LogP contribution >= 0.6 is 0 Å². The number of piperidine rings is 1. The highest BCUT2D eigenvalue weighted by Gasteiger charge is 2.28. The van der Waals surface area contributed by atoms with Crippen LogP contribution in [0.25, 0.3) is 0 Å². The summed E-state index contributed by atoms with van der Waals surface area (Å²) in [6, 6.07) is 20.4. The van der Waals surface area contributed by atoms with E-state index in [-0.39, 0.29) is 7.21 Å². The molecule has 2 unspecified atom stereocenters. The van der Waals surface area contributed by atoms with E-state index in [0.717, 1.165) is 24.5 Å². The number of anilines is 1. The molecule has 0 N–H and O–H groups in total. The second-order valence-electron chi connectivity index (χ2n) is 7.53. The lowest BCUT2D eigenvalue weighted by Crippen LogP contribution is -2.41. The smallest absolute Gasteiger partial charge is 0.213 e. The Bertz CT molecular complexity index is 977. The maximum atomic E-state index is 12.9. The Kier molecular flexibility index (Phi) is 5.20. The van der Waals surface area contributed by atoms with Gasteiger partial charge in [-0.25, -0.2) is 4.98 Å². The number of benzene rings is 1. The van der Waals surface area contributed by atoms with Gasteiger partial charge >= 0.3 is 0 Å². The van der Waals surface area contributed by atoms with Crippen molar-refractivity contribution in [3.05, 3.63) is 89.4 Å². The molecule has 1 aliphatic rings. The Morgan fingerprint density at radius 3 is 2.64 bits per heavy atom. The van der Waals surface area contributed by atoms with E-state index in [1.807, 2.05) is 25.1 Å². The lowest BCUT2D eigenvalue weighted by Gasteiger charge is -2.39. The minimum absolute atomic E-state index is 0. The number of rotatable bonds is 4. The Morgan fingerprint density at radius 1 is 1.04 bits per heavy atom. The minimum Gasteiger partial charge on any atom is -0.353 e. The average molecular weight is 374 g/mol. The molecule has 0 spiro atoms. The standard InChI is InChI=1S/C24H25N3O.H2/c1-17-13-14-20(19-8-4-3-5-9-19)16-27(17)23-12-6-11-22(26-23)24(28)21-10-7-15-25-18(21)2;/h3-12,15,17,20H,13-14,16H2,1-2H3;1H. The number of aromatic nitrogens is 2. The van der Waals surface area contributed by atoms with E-state index in [4.69, 9.17) is 4.98 Å². The topological polar surface area (TPSA) is 46.1 Å². The summed E-state index contributed by atoms with van der Waals surface area (Å²) in [5, 5.41) is 0. The van der Waals surface area contributed by atoms with Crippen LogP contribution in [0.2, 0.25) is 0 Å². The largest absolute Gasteiger partial charge is 0.353 e. The summed E-state index contributed by atoms with van der Waals surface area (Å²) in [7, 11) is 0. The zero-order chi connectivity index (χ0) is 19.5. The number of carbonyl (C=O) groups is 1. The number of nitrogens with zero attached hydrogens (tertiary/aromatic N) is 3. The van der Waals surface area contributed by atoms with Gasteiger partial charge in [-0.1, -0.05) is 36.4 Å². The molecule has 0 saturated carbocycles. The summed E-state index contributed by atoms with van der Waals surface area (Å²) in [6.07, 6.45) is 3.99. The molecule has 3 heterocycles. The maximum absolute atomic E-state index is 12.9. The van der Waals surface area contributed by atoms with Crippen LogP contribution in [0.5, 0.6) is 0 Å². The molecule has 144 valence electrons. The quantitative estimate of drug-likeness (QED) is 0.602. The summed E-state index contributed by atoms with van der Waals surface area (Å²) < 4.78 is 0. The van der Waals surface area contributed by atoms with E-state index in [0.29, 0.717) is 23.2 Å². The SMILES string of the molecule is Cc1ncccc1C(=O)c1cccc(N2CC(c3ccccc3)CCC2C)n1.[HH]. The fourth-order valence-electron chi connectivity index (χ4n) is 4.00. The van der Waals surface area contributed by atoms with Crippen molar-refractivity contribution >= 4 is 11.6 Å². The molecule has 0 aliphatic carbocycles. The molecule has 3 aromatic rings. The first-order chi connectivity index (χ1) is 13.6. The van der Waals surface area contributed by atoms with Gasteiger partial charge in [0.05, 0.1) is 0 Å². The Balaban J connectivity index is 0.00000240. The van der Waals surface area contributed by atoms with Gasteiger partial charge in [-0.05, 0) is 56.5 Å². The fraction of sp³-hybridized carbons (Fsp3) is 0.292. The molecule has 1 fully saturated rings. The average Bonchev–Trinajstić information content (AvgIpc) is 2.75. The molecular weight excluding hydrogens is 346 g/mol. The zero-order valence-corrected chi connectivity index (χ0v) is 16.4. The molecule has 0 radical (unpaired) electrons. The lowest BCUT2D eigenvalue weighted by molar-refractivity contribution is 0.103. The van der Waals surface area contributed by atoms with Crippen molar-refractivity contribution in [1.82, 2.24) is 9.97 Å². The highest BCUT2D eigenvalue weighted by molar-refractivity contribution is 6.08. The van der Waals surface area contributed by atoms with Gasteiger partial charge in [0, 0.05) is 37.4 Å². The summed E-state index contributed by atoms with van der Waals surface area (Å²) in [5.74, 6) is 1.29. The number of pyridine rings is 2. The van der Waals surface area contributed by atoms with Crippen LogP contribution in [0.1, 0.15) is 54.4 Å². The zero-order valence-electron chi connectivity index (χ0n) is 16.4. The van der Waals surface area contributed by atoms with Crippen molar-refractivity contribution in [1.29, 1.82) is 0 Å². The van der Waals surface area contributed by atoms with Gasteiger partial charge in [0.2, 0.25) is 5.78 Å². The molecule has 4 rings (SSSR count). The van der Waals surface area contributed by atoms with Crippen LogP contribution in [0.4, 0.5) is 5.82 Å². The molecule has 0 bridgehead atoms. The number of aryl methyl sites for hydroxylation is 1. The van der Waals surface area contributed by atoms with Crippen molar-refractivity contribution < 1.29 is 6.22 Å². The van der Waals surface area contributed by atoms with Crippen LogP contribution in [-0.4, -0.2) is 28.3 Å². The van der Waals surface area contributed by atoms with E-state index in [1.54, 1.807) is 18.3 Å². The van der Waals surface area contributed by atoms with Gasteiger partial charge in [-0.15, -0.1) is 0 Å². The van der Waals surface area contributed by atoms with Gasteiger partial charge in [-0.2, -0.15) is 0 Å². The Hall–Kier alpha value is -3.01. The highest BCUT2D eigenvalue weighted by atomic mass is 16.1. The molecule has 2 aromatic heterocycles. The van der Waals surface area contributed by atoms with Gasteiger partial charge in [0.25, 0.3) is 0 Å². The summed E-state index contributed by atoms with van der Waals surface area (Å²) in [4.78, 5) is 24.3. The highest BCUT2D eigenvalue weighted by Crippen LogP contribution is 2.32. The minimum atomic E-state index is -0.0725. The summed E-state index contributed by atoms with van der Waals surface area (Å²) in [5.41, 5.74) is 3.19. The van der Waals surface area contributed by atoms with E-state index >= 15 is 0 Å². The third-order valence-corrected chi connectivity index (χ3v) is 5.67. The lowest BCUT2D eigenvalue weighted by atomic mass is 9.88. The van der Waals surface area contributed by atoms with Crippen molar-refractivity contribution in [3.63, 3.8) is 0 Å².